The monoisotopic (exact) mass is 357 g/mol. The third-order valence-corrected chi connectivity index (χ3v) is 4.56. The average Bonchev–Trinajstić information content (AvgIpc) is 3.30. The molecule has 0 unspecified atom stereocenters. The number of carbonyl (C=O) groups excluding carboxylic acids is 3. The number of ketones is 1. The first-order valence-electron chi connectivity index (χ1n) is 8.79. The molecular formula is C19H23N3O4. The van der Waals surface area contributed by atoms with E-state index in [0.29, 0.717) is 37.2 Å². The molecule has 3 rings (SSSR count). The Labute approximate surface area is 151 Å². The summed E-state index contributed by atoms with van der Waals surface area (Å²) in [7, 11) is 1.57. The molecule has 0 atom stereocenters. The topological polar surface area (TPSA) is 80.6 Å². The molecule has 1 aliphatic rings. The van der Waals surface area contributed by atoms with E-state index in [1.165, 1.54) is 0 Å². The molecule has 7 heteroatoms. The summed E-state index contributed by atoms with van der Waals surface area (Å²) in [6, 6.07) is 7.31. The van der Waals surface area contributed by atoms with E-state index < -0.39 is 11.7 Å². The van der Waals surface area contributed by atoms with Gasteiger partial charge in [0.2, 0.25) is 5.91 Å². The quantitative estimate of drug-likeness (QED) is 0.459. The van der Waals surface area contributed by atoms with Gasteiger partial charge in [-0.2, -0.15) is 0 Å². The lowest BCUT2D eigenvalue weighted by Crippen LogP contribution is -2.34. The Morgan fingerprint density at radius 2 is 1.88 bits per heavy atom. The molecule has 1 aromatic carbocycles. The lowest BCUT2D eigenvalue weighted by Gasteiger charge is -2.13. The molecule has 0 bridgehead atoms. The number of Topliss-reactive ketones (excluding diaryl/α,β-unsaturated/α-hetero) is 1. The van der Waals surface area contributed by atoms with Crippen molar-refractivity contribution >= 4 is 28.5 Å². The molecule has 1 fully saturated rings. The summed E-state index contributed by atoms with van der Waals surface area (Å²) in [6.45, 7) is 2.20. The van der Waals surface area contributed by atoms with Crippen molar-refractivity contribution in [1.29, 1.82) is 0 Å². The van der Waals surface area contributed by atoms with Gasteiger partial charge in [0, 0.05) is 43.8 Å². The first-order chi connectivity index (χ1) is 12.6. The number of hydrogen-bond acceptors (Lipinski definition) is 4. The number of methoxy groups -OCH3 is 1. The van der Waals surface area contributed by atoms with Crippen LogP contribution in [0, 0.1) is 0 Å². The van der Waals surface area contributed by atoms with Crippen LogP contribution in [0.1, 0.15) is 23.2 Å². The highest BCUT2D eigenvalue weighted by Gasteiger charge is 2.28. The Morgan fingerprint density at radius 1 is 1.15 bits per heavy atom. The number of nitrogens with zero attached hydrogens (tertiary/aromatic N) is 2. The van der Waals surface area contributed by atoms with Crippen LogP contribution in [0.2, 0.25) is 0 Å². The van der Waals surface area contributed by atoms with Crippen LogP contribution in [0.15, 0.2) is 30.5 Å². The maximum absolute atomic E-state index is 12.7. The molecule has 138 valence electrons. The Morgan fingerprint density at radius 3 is 2.62 bits per heavy atom. The van der Waals surface area contributed by atoms with Crippen molar-refractivity contribution in [1.82, 2.24) is 14.8 Å². The van der Waals surface area contributed by atoms with Crippen LogP contribution >= 0.6 is 0 Å². The van der Waals surface area contributed by atoms with Gasteiger partial charge in [-0.15, -0.1) is 0 Å². The summed E-state index contributed by atoms with van der Waals surface area (Å²) in [5, 5.41) is 3.45. The second-order valence-corrected chi connectivity index (χ2v) is 6.36. The van der Waals surface area contributed by atoms with Crippen molar-refractivity contribution in [2.24, 2.45) is 0 Å². The number of ether oxygens (including phenoxy) is 1. The van der Waals surface area contributed by atoms with Gasteiger partial charge in [0.05, 0.1) is 12.2 Å². The number of likely N-dealkylation sites (tertiary alicyclic amines) is 1. The van der Waals surface area contributed by atoms with E-state index in [2.05, 4.69) is 5.32 Å². The Bertz CT molecular complexity index is 821. The highest BCUT2D eigenvalue weighted by Crippen LogP contribution is 2.23. The summed E-state index contributed by atoms with van der Waals surface area (Å²) in [5.41, 5.74) is 1.11. The van der Waals surface area contributed by atoms with E-state index in [-0.39, 0.29) is 12.5 Å². The molecule has 1 saturated heterocycles. The summed E-state index contributed by atoms with van der Waals surface area (Å²) >= 11 is 0. The number of fused-ring (bicyclic) bond motifs is 1. The molecule has 7 nitrogen and oxygen atoms in total. The number of hydrogen-bond donors (Lipinski definition) is 1. The summed E-state index contributed by atoms with van der Waals surface area (Å²) in [5.74, 6) is -1.15. The molecule has 2 heterocycles. The van der Waals surface area contributed by atoms with Crippen molar-refractivity contribution in [3.05, 3.63) is 36.0 Å². The van der Waals surface area contributed by atoms with Crippen LogP contribution in [-0.4, -0.2) is 60.4 Å². The van der Waals surface area contributed by atoms with Gasteiger partial charge in [-0.3, -0.25) is 14.4 Å². The highest BCUT2D eigenvalue weighted by molar-refractivity contribution is 6.44. The molecule has 26 heavy (non-hydrogen) atoms. The molecule has 0 saturated carbocycles. The number of rotatable bonds is 7. The minimum absolute atomic E-state index is 0.0788. The standard InChI is InChI=1S/C19H23N3O4/c1-26-11-8-20-17(23)13-22-12-15(14-6-2-3-7-16(14)22)18(24)19(25)21-9-4-5-10-21/h2-3,6-7,12H,4-5,8-11,13H2,1H3,(H,20,23). The summed E-state index contributed by atoms with van der Waals surface area (Å²) < 4.78 is 6.63. The van der Waals surface area contributed by atoms with Crippen molar-refractivity contribution in [2.75, 3.05) is 33.4 Å². The number of benzene rings is 1. The molecule has 1 N–H and O–H groups in total. The van der Waals surface area contributed by atoms with Crippen LogP contribution in [0.3, 0.4) is 0 Å². The minimum atomic E-state index is -0.512. The van der Waals surface area contributed by atoms with Crippen molar-refractivity contribution in [3.63, 3.8) is 0 Å². The maximum Gasteiger partial charge on any atom is 0.295 e. The third-order valence-electron chi connectivity index (χ3n) is 4.56. The van der Waals surface area contributed by atoms with Gasteiger partial charge < -0.3 is 19.5 Å². The number of nitrogens with one attached hydrogen (secondary N) is 1. The molecule has 2 aromatic rings. The van der Waals surface area contributed by atoms with E-state index in [0.717, 1.165) is 18.4 Å². The molecule has 0 aliphatic carbocycles. The van der Waals surface area contributed by atoms with Gasteiger partial charge in [-0.05, 0) is 18.9 Å². The zero-order valence-corrected chi connectivity index (χ0v) is 14.9. The fourth-order valence-corrected chi connectivity index (χ4v) is 3.24. The number of para-hydroxylation sites is 1. The molecular weight excluding hydrogens is 334 g/mol. The summed E-state index contributed by atoms with van der Waals surface area (Å²) in [6.07, 6.45) is 3.47. The zero-order valence-electron chi connectivity index (χ0n) is 14.9. The summed E-state index contributed by atoms with van der Waals surface area (Å²) in [4.78, 5) is 38.9. The largest absolute Gasteiger partial charge is 0.383 e. The number of aromatic nitrogens is 1. The van der Waals surface area contributed by atoms with Crippen LogP contribution in [-0.2, 0) is 20.9 Å². The maximum atomic E-state index is 12.7. The second-order valence-electron chi connectivity index (χ2n) is 6.36. The second kappa shape index (κ2) is 8.14. The van der Waals surface area contributed by atoms with Gasteiger partial charge in [0.1, 0.15) is 6.54 Å². The molecule has 2 amide bonds. The number of amides is 2. The Balaban J connectivity index is 1.83. The lowest BCUT2D eigenvalue weighted by atomic mass is 10.1. The first-order valence-corrected chi connectivity index (χ1v) is 8.79. The van der Waals surface area contributed by atoms with Crippen molar-refractivity contribution in [2.45, 2.75) is 19.4 Å². The van der Waals surface area contributed by atoms with Gasteiger partial charge in [0.25, 0.3) is 11.7 Å². The predicted octanol–water partition coefficient (Wildman–Crippen LogP) is 1.21. The van der Waals surface area contributed by atoms with E-state index in [4.69, 9.17) is 4.74 Å². The smallest absolute Gasteiger partial charge is 0.295 e. The Hall–Kier alpha value is -2.67. The van der Waals surface area contributed by atoms with Gasteiger partial charge >= 0.3 is 0 Å². The van der Waals surface area contributed by atoms with Crippen molar-refractivity contribution in [3.8, 4) is 0 Å². The van der Waals surface area contributed by atoms with Gasteiger partial charge in [-0.25, -0.2) is 0 Å². The molecule has 1 aliphatic heterocycles. The fourth-order valence-electron chi connectivity index (χ4n) is 3.24. The van der Waals surface area contributed by atoms with E-state index in [1.807, 2.05) is 18.2 Å². The van der Waals surface area contributed by atoms with Gasteiger partial charge in [-0.1, -0.05) is 18.2 Å². The molecule has 0 radical (unpaired) electrons. The van der Waals surface area contributed by atoms with Crippen LogP contribution in [0.25, 0.3) is 10.9 Å². The first kappa shape index (κ1) is 18.1. The average molecular weight is 357 g/mol. The van der Waals surface area contributed by atoms with Crippen molar-refractivity contribution < 1.29 is 19.1 Å². The Kier molecular flexibility index (Phi) is 5.68. The highest BCUT2D eigenvalue weighted by atomic mass is 16.5. The normalized spacial score (nSPS) is 14.0. The predicted molar refractivity (Wildman–Crippen MR) is 97.0 cm³/mol. The molecule has 0 spiro atoms. The van der Waals surface area contributed by atoms with Crippen LogP contribution in [0.5, 0.6) is 0 Å². The van der Waals surface area contributed by atoms with E-state index in [1.54, 1.807) is 28.8 Å². The third kappa shape index (κ3) is 3.77. The molecule has 1 aromatic heterocycles. The lowest BCUT2D eigenvalue weighted by molar-refractivity contribution is -0.125. The zero-order chi connectivity index (χ0) is 18.5. The van der Waals surface area contributed by atoms with Crippen LogP contribution < -0.4 is 5.32 Å². The SMILES string of the molecule is COCCNC(=O)Cn1cc(C(=O)C(=O)N2CCCC2)c2ccccc21. The van der Waals surface area contributed by atoms with Gasteiger partial charge in [0.15, 0.2) is 0 Å². The van der Waals surface area contributed by atoms with E-state index >= 15 is 0 Å². The number of carbonyl (C=O) groups is 3. The fraction of sp³-hybridized carbons (Fsp3) is 0.421. The minimum Gasteiger partial charge on any atom is -0.383 e. The van der Waals surface area contributed by atoms with Crippen LogP contribution in [0.4, 0.5) is 0 Å². The van der Waals surface area contributed by atoms with E-state index in [9.17, 15) is 14.4 Å².